The summed E-state index contributed by atoms with van der Waals surface area (Å²) in [6, 6.07) is 39.8. The quantitative estimate of drug-likeness (QED) is 0.128. The molecule has 6 heterocycles. The molecule has 6 nitrogen and oxygen atoms in total. The standard InChI is InChI=1S/C114H89BN6/c1-112(2,3)78-52-62-105(93(66-78)76-30-26-28-74(64-76)72-48-54-81(55-49-72)116-97-40-18-10-32-85(97)86-33-11-19-41-98(86)116)120-107-70-83(118-101-44-22-14-36-89(101)90-37-15-23-45-102(90)118)58-60-95(107)115-96-61-59-84(119-103-46-24-16-38-91(103)92-39-17-25-47-104(92)119)71-108(96)121(110-69-80(114(7,8)9)68-109(120)111(110)115)106-63-53-79(113(4,5)6)67-94(106)77-31-27-29-75(65-77)73-50-56-82(57-51-73)117-99-42-20-12-34-87(99)88-35-13-21-43-100(88)117/h10-71H,1-9H3/i10D,11D,12D,13D,14D,15D,16D,17D,18D,19D,20D,21D,22D,23D,24D,25D,32D,33D,34D,35D,36D,37D,38D,39D,40D,41D,42D,43D,44D,45D,46D,47D. The van der Waals surface area contributed by atoms with E-state index >= 15 is 0 Å². The molecular weight excluding hydrogens is 1460 g/mol. The number of fused-ring (bicyclic) bond motifs is 16. The predicted molar refractivity (Wildman–Crippen MR) is 516 cm³/mol. The van der Waals surface area contributed by atoms with E-state index in [0.717, 1.165) is 16.7 Å². The maximum Gasteiger partial charge on any atom is 0.252 e. The fourth-order valence-corrected chi connectivity index (χ4v) is 18.1. The number of nitrogens with zero attached hydrogens (tertiary/aromatic N) is 6. The van der Waals surface area contributed by atoms with Crippen molar-refractivity contribution in [1.82, 2.24) is 18.3 Å². The van der Waals surface area contributed by atoms with Gasteiger partial charge in [0.05, 0.1) is 99.4 Å². The van der Waals surface area contributed by atoms with E-state index in [1.165, 1.54) is 18.3 Å². The van der Waals surface area contributed by atoms with Crippen LogP contribution in [0.4, 0.5) is 34.1 Å². The second kappa shape index (κ2) is 27.1. The number of aromatic nitrogens is 4. The molecule has 23 rings (SSSR count). The molecule has 4 aromatic heterocycles. The summed E-state index contributed by atoms with van der Waals surface area (Å²) in [4.78, 5) is 4.32. The van der Waals surface area contributed by atoms with Gasteiger partial charge < -0.3 is 28.1 Å². The average Bonchev–Trinajstić information content (AvgIpc) is 1.20. The summed E-state index contributed by atoms with van der Waals surface area (Å²) in [6.45, 7) is 17.9. The van der Waals surface area contributed by atoms with Crippen LogP contribution < -0.4 is 26.2 Å². The molecule has 0 amide bonds. The topological polar surface area (TPSA) is 26.2 Å². The molecule has 0 saturated heterocycles. The van der Waals surface area contributed by atoms with Crippen molar-refractivity contribution in [3.63, 3.8) is 0 Å². The molecule has 0 spiro atoms. The smallest absolute Gasteiger partial charge is 0.252 e. The van der Waals surface area contributed by atoms with E-state index in [1.807, 2.05) is 109 Å². The van der Waals surface area contributed by atoms with Crippen LogP contribution in [0.25, 0.3) is 154 Å². The van der Waals surface area contributed by atoms with Crippen molar-refractivity contribution in [3.05, 3.63) is 392 Å². The lowest BCUT2D eigenvalue weighted by Gasteiger charge is -2.46. The molecule has 0 aliphatic carbocycles. The van der Waals surface area contributed by atoms with E-state index < -0.39 is 216 Å². The van der Waals surface area contributed by atoms with Gasteiger partial charge in [0, 0.05) is 99.7 Å². The molecule has 0 atom stereocenters. The van der Waals surface area contributed by atoms with Crippen LogP contribution in [0.3, 0.4) is 0 Å². The second-order valence-electron chi connectivity index (χ2n) is 34.1. The molecule has 0 N–H and O–H groups in total. The molecule has 0 unspecified atom stereocenters. The summed E-state index contributed by atoms with van der Waals surface area (Å²) in [6.07, 6.45) is 0. The number of benzene rings is 17. The van der Waals surface area contributed by atoms with E-state index in [0.29, 0.717) is 106 Å². The number of hydrogen-bond donors (Lipinski definition) is 0. The number of hydrogen-bond acceptors (Lipinski definition) is 2. The normalized spacial score (nSPS) is 16.7. The van der Waals surface area contributed by atoms with E-state index in [-0.39, 0.29) is 98.6 Å². The van der Waals surface area contributed by atoms with Crippen molar-refractivity contribution >= 4 is 144 Å². The third-order valence-electron chi connectivity index (χ3n) is 24.0. The zero-order valence-electron chi connectivity index (χ0n) is 99.1. The van der Waals surface area contributed by atoms with Gasteiger partial charge in [-0.25, -0.2) is 0 Å². The van der Waals surface area contributed by atoms with Gasteiger partial charge in [-0.3, -0.25) is 0 Å². The highest BCUT2D eigenvalue weighted by atomic mass is 15.2. The molecule has 121 heavy (non-hydrogen) atoms. The zero-order chi connectivity index (χ0) is 109. The first-order valence-electron chi connectivity index (χ1n) is 56.0. The Morgan fingerprint density at radius 2 is 0.496 bits per heavy atom. The Hall–Kier alpha value is -14.4. The molecule has 2 aliphatic rings. The van der Waals surface area contributed by atoms with Gasteiger partial charge in [-0.15, -0.1) is 0 Å². The highest BCUT2D eigenvalue weighted by Gasteiger charge is 2.46. The summed E-state index contributed by atoms with van der Waals surface area (Å²) in [5.41, 5.74) is 11.2. The molecule has 17 aromatic carbocycles. The second-order valence-corrected chi connectivity index (χ2v) is 34.1. The Kier molecular flexibility index (Phi) is 10.3. The SMILES string of the molecule is [2H]c1c([2H])c([2H])c2c(c1[2H])c1c([2H])c([2H])c([2H])c([2H])c1n2-c1ccc(-c2cccc(-c3cc(C(C)(C)C)ccc3N3c4cc(-n5c6c([2H])c([2H])c([2H])c([2H])c6c6c([2H])c([2H])c([2H])c([2H])c65)ccc4B4c5ccc(-n6c7c([2H])c([2H])c([2H])c([2H])c7c7c([2H])c([2H])c([2H])c([2H])c76)cc5N(c5ccc(C(C)(C)C)cc5-c5cccc(-c6ccc(-n7c8c([2H])c([2H])c([2H])c([2H])c8c8c([2H])c([2H])c([2H])c([2H])c87)cc6)c5)c5cc(C(C)(C)C)cc3c54)c2)cc1. The summed E-state index contributed by atoms with van der Waals surface area (Å²) in [5, 5.41) is -0.983. The maximum absolute atomic E-state index is 9.94. The van der Waals surface area contributed by atoms with Crippen molar-refractivity contribution in [2.45, 2.75) is 78.6 Å². The van der Waals surface area contributed by atoms with Gasteiger partial charge in [0.2, 0.25) is 0 Å². The third kappa shape index (κ3) is 11.4. The Bertz CT molecular complexity index is 9060. The third-order valence-corrected chi connectivity index (χ3v) is 24.0. The first kappa shape index (κ1) is 46.1. The largest absolute Gasteiger partial charge is 0.311 e. The summed E-state index contributed by atoms with van der Waals surface area (Å²) >= 11 is 0. The van der Waals surface area contributed by atoms with Gasteiger partial charge in [0.15, 0.2) is 0 Å². The van der Waals surface area contributed by atoms with E-state index in [2.05, 4.69) is 109 Å². The molecule has 7 heteroatoms. The van der Waals surface area contributed by atoms with Gasteiger partial charge in [-0.05, 0) is 228 Å². The van der Waals surface area contributed by atoms with E-state index in [4.69, 9.17) is 16.4 Å². The van der Waals surface area contributed by atoms with Crippen LogP contribution in [0, 0.1) is 0 Å². The van der Waals surface area contributed by atoms with Crippen LogP contribution >= 0.6 is 0 Å². The minimum absolute atomic E-state index is 0.0546. The van der Waals surface area contributed by atoms with Crippen LogP contribution in [-0.2, 0) is 16.2 Å². The highest BCUT2D eigenvalue weighted by Crippen LogP contribution is 2.53. The van der Waals surface area contributed by atoms with Gasteiger partial charge in [0.25, 0.3) is 6.71 Å². The molecule has 0 fully saturated rings. The first-order valence-corrected chi connectivity index (χ1v) is 40.0. The Labute approximate surface area is 751 Å². The number of anilines is 6. The van der Waals surface area contributed by atoms with Gasteiger partial charge in [-0.1, -0.05) is 292 Å². The number of para-hydroxylation sites is 8. The lowest BCUT2D eigenvalue weighted by atomic mass is 9.33. The van der Waals surface area contributed by atoms with Gasteiger partial charge in [-0.2, -0.15) is 0 Å². The Morgan fingerprint density at radius 3 is 0.793 bits per heavy atom. The maximum atomic E-state index is 9.94. The average molecular weight is 1590 g/mol. The van der Waals surface area contributed by atoms with Crippen LogP contribution in [0.5, 0.6) is 0 Å². The highest BCUT2D eigenvalue weighted by molar-refractivity contribution is 7.00. The molecule has 578 valence electrons. The minimum Gasteiger partial charge on any atom is -0.311 e. The fourth-order valence-electron chi connectivity index (χ4n) is 18.1. The molecule has 21 aromatic rings. The van der Waals surface area contributed by atoms with Crippen LogP contribution in [0.2, 0.25) is 0 Å². The van der Waals surface area contributed by atoms with Gasteiger partial charge >= 0.3 is 0 Å². The van der Waals surface area contributed by atoms with Crippen LogP contribution in [-0.4, -0.2) is 25.0 Å². The summed E-state index contributed by atoms with van der Waals surface area (Å²) in [5.74, 6) is 0. The van der Waals surface area contributed by atoms with Crippen molar-refractivity contribution < 1.29 is 43.9 Å². The molecule has 0 radical (unpaired) electrons. The van der Waals surface area contributed by atoms with Crippen molar-refractivity contribution in [1.29, 1.82) is 0 Å². The monoisotopic (exact) mass is 1580 g/mol. The van der Waals surface area contributed by atoms with Crippen molar-refractivity contribution in [2.75, 3.05) is 9.80 Å². The van der Waals surface area contributed by atoms with Gasteiger partial charge in [0.1, 0.15) is 0 Å². The molecular formula is C114H89BN6. The summed E-state index contributed by atoms with van der Waals surface area (Å²) in [7, 11) is 0. The van der Waals surface area contributed by atoms with Crippen LogP contribution in [0.15, 0.2) is 375 Å². The summed E-state index contributed by atoms with van der Waals surface area (Å²) < 4.78 is 303. The zero-order valence-corrected chi connectivity index (χ0v) is 67.1. The fraction of sp³-hybridized carbons (Fsp3) is 0.105. The predicted octanol–water partition coefficient (Wildman–Crippen LogP) is 28.7. The van der Waals surface area contributed by atoms with E-state index in [1.54, 1.807) is 36.4 Å². The number of rotatable bonds is 10. The Morgan fingerprint density at radius 1 is 0.223 bits per heavy atom. The first-order chi connectivity index (χ1) is 72.2. The Balaban J connectivity index is 0.809. The lowest BCUT2D eigenvalue weighted by molar-refractivity contribution is 0.590. The van der Waals surface area contributed by atoms with Crippen LogP contribution in [0.1, 0.15) is 123 Å². The molecule has 0 saturated carbocycles. The van der Waals surface area contributed by atoms with Crippen molar-refractivity contribution in [3.8, 4) is 67.3 Å². The molecule has 2 aliphatic heterocycles. The van der Waals surface area contributed by atoms with Crippen molar-refractivity contribution in [2.24, 2.45) is 0 Å². The van der Waals surface area contributed by atoms with E-state index in [9.17, 15) is 27.4 Å². The lowest BCUT2D eigenvalue weighted by Crippen LogP contribution is -2.61. The minimum atomic E-state index is -0.920. The molecule has 0 bridgehead atoms.